The lowest BCUT2D eigenvalue weighted by atomic mass is 10.0. The molecule has 1 unspecified atom stereocenters. The summed E-state index contributed by atoms with van der Waals surface area (Å²) in [6, 6.07) is 6.86. The first-order valence-corrected chi connectivity index (χ1v) is 8.28. The van der Waals surface area contributed by atoms with Gasteiger partial charge in [-0.2, -0.15) is 8.42 Å². The number of amides is 1. The molecule has 1 aromatic rings. The van der Waals surface area contributed by atoms with Gasteiger partial charge in [0.1, 0.15) is 0 Å². The van der Waals surface area contributed by atoms with E-state index >= 15 is 0 Å². The molecule has 8 heteroatoms. The molecule has 1 amide bonds. The molecule has 1 heterocycles. The SMILES string of the molecule is O=C(O)Cc1ccccc1CN1CC(CS(=O)(=O)F)CC1=O. The van der Waals surface area contributed by atoms with Gasteiger partial charge in [-0.1, -0.05) is 24.3 Å². The molecule has 1 aromatic carbocycles. The van der Waals surface area contributed by atoms with Gasteiger partial charge in [0.05, 0.1) is 12.2 Å². The van der Waals surface area contributed by atoms with E-state index in [2.05, 4.69) is 0 Å². The lowest BCUT2D eigenvalue weighted by Crippen LogP contribution is -2.26. The van der Waals surface area contributed by atoms with Crippen LogP contribution in [0.25, 0.3) is 0 Å². The number of rotatable bonds is 6. The summed E-state index contributed by atoms with van der Waals surface area (Å²) >= 11 is 0. The summed E-state index contributed by atoms with van der Waals surface area (Å²) < 4.78 is 34.1. The molecule has 6 nitrogen and oxygen atoms in total. The number of nitrogens with zero attached hydrogens (tertiary/aromatic N) is 1. The van der Waals surface area contributed by atoms with E-state index in [4.69, 9.17) is 5.11 Å². The Morgan fingerprint density at radius 1 is 1.32 bits per heavy atom. The number of carbonyl (C=O) groups excluding carboxylic acids is 1. The van der Waals surface area contributed by atoms with Crippen molar-refractivity contribution in [3.8, 4) is 0 Å². The smallest absolute Gasteiger partial charge is 0.307 e. The molecule has 1 aliphatic heterocycles. The van der Waals surface area contributed by atoms with Crippen LogP contribution in [0.15, 0.2) is 24.3 Å². The number of halogens is 1. The highest BCUT2D eigenvalue weighted by Crippen LogP contribution is 2.23. The zero-order valence-corrected chi connectivity index (χ0v) is 12.6. The minimum Gasteiger partial charge on any atom is -0.481 e. The van der Waals surface area contributed by atoms with E-state index in [0.717, 1.165) is 0 Å². The van der Waals surface area contributed by atoms with Crippen LogP contribution in [0.5, 0.6) is 0 Å². The fraction of sp³-hybridized carbons (Fsp3) is 0.429. The number of carbonyl (C=O) groups is 2. The van der Waals surface area contributed by atoms with Crippen LogP contribution >= 0.6 is 0 Å². The molecule has 0 radical (unpaired) electrons. The van der Waals surface area contributed by atoms with Crippen LogP contribution in [0.3, 0.4) is 0 Å². The van der Waals surface area contributed by atoms with Gasteiger partial charge >= 0.3 is 16.2 Å². The van der Waals surface area contributed by atoms with Crippen molar-refractivity contribution < 1.29 is 27.0 Å². The van der Waals surface area contributed by atoms with E-state index in [-0.39, 0.29) is 31.8 Å². The lowest BCUT2D eigenvalue weighted by Gasteiger charge is -2.18. The molecule has 22 heavy (non-hydrogen) atoms. The summed E-state index contributed by atoms with van der Waals surface area (Å²) in [5.41, 5.74) is 1.30. The van der Waals surface area contributed by atoms with Crippen molar-refractivity contribution in [3.63, 3.8) is 0 Å². The average molecular weight is 329 g/mol. The van der Waals surface area contributed by atoms with Crippen molar-refractivity contribution in [2.45, 2.75) is 19.4 Å². The van der Waals surface area contributed by atoms with E-state index in [1.165, 1.54) is 4.90 Å². The topological polar surface area (TPSA) is 91.8 Å². The predicted octanol–water partition coefficient (Wildman–Crippen LogP) is 0.962. The quantitative estimate of drug-likeness (QED) is 0.785. The highest BCUT2D eigenvalue weighted by atomic mass is 32.3. The van der Waals surface area contributed by atoms with Crippen molar-refractivity contribution in [3.05, 3.63) is 35.4 Å². The van der Waals surface area contributed by atoms with Crippen molar-refractivity contribution in [2.24, 2.45) is 5.92 Å². The molecule has 0 spiro atoms. The molecule has 0 bridgehead atoms. The molecule has 120 valence electrons. The molecule has 0 aliphatic carbocycles. The molecular formula is C14H16FNO5S. The largest absolute Gasteiger partial charge is 0.481 e. The van der Waals surface area contributed by atoms with E-state index < -0.39 is 27.9 Å². The summed E-state index contributed by atoms with van der Waals surface area (Å²) in [6.07, 6.45) is -0.162. The summed E-state index contributed by atoms with van der Waals surface area (Å²) in [5.74, 6) is -2.44. The minimum atomic E-state index is -4.61. The Morgan fingerprint density at radius 2 is 1.95 bits per heavy atom. The minimum absolute atomic E-state index is 0.00968. The maximum atomic E-state index is 12.7. The maximum absolute atomic E-state index is 12.7. The van der Waals surface area contributed by atoms with Crippen LogP contribution in [0.2, 0.25) is 0 Å². The van der Waals surface area contributed by atoms with Crippen LogP contribution in [0.4, 0.5) is 3.89 Å². The maximum Gasteiger partial charge on any atom is 0.307 e. The van der Waals surface area contributed by atoms with Gasteiger partial charge in [-0.3, -0.25) is 9.59 Å². The van der Waals surface area contributed by atoms with Crippen LogP contribution in [0.1, 0.15) is 17.5 Å². The molecule has 1 saturated heterocycles. The second kappa shape index (κ2) is 6.43. The molecule has 1 atom stereocenters. The Hall–Kier alpha value is -1.96. The summed E-state index contributed by atoms with van der Waals surface area (Å²) in [4.78, 5) is 24.2. The van der Waals surface area contributed by atoms with Gasteiger partial charge in [0.15, 0.2) is 0 Å². The van der Waals surface area contributed by atoms with Gasteiger partial charge in [0.25, 0.3) is 0 Å². The Labute approximate surface area is 127 Å². The number of carboxylic acid groups (broad SMARTS) is 1. The van der Waals surface area contributed by atoms with E-state index in [1.807, 2.05) is 0 Å². The first kappa shape index (κ1) is 16.4. The normalized spacial score (nSPS) is 18.7. The lowest BCUT2D eigenvalue weighted by molar-refractivity contribution is -0.136. The third-order valence-electron chi connectivity index (χ3n) is 3.55. The molecule has 0 saturated carbocycles. The molecule has 0 aromatic heterocycles. The summed E-state index contributed by atoms with van der Waals surface area (Å²) in [6.45, 7) is 0.356. The third-order valence-corrected chi connectivity index (χ3v) is 4.42. The number of benzene rings is 1. The summed E-state index contributed by atoms with van der Waals surface area (Å²) in [5, 5.41) is 8.88. The second-order valence-electron chi connectivity index (χ2n) is 5.39. The highest BCUT2D eigenvalue weighted by Gasteiger charge is 2.33. The van der Waals surface area contributed by atoms with Crippen molar-refractivity contribution in [1.82, 2.24) is 4.90 Å². The molecule has 1 fully saturated rings. The van der Waals surface area contributed by atoms with Crippen molar-refractivity contribution in [1.29, 1.82) is 0 Å². The molecular weight excluding hydrogens is 313 g/mol. The Bertz CT molecular complexity index is 688. The van der Waals surface area contributed by atoms with E-state index in [9.17, 15) is 21.9 Å². The molecule has 2 rings (SSSR count). The molecule has 1 N–H and O–H groups in total. The first-order chi connectivity index (χ1) is 10.2. The number of hydrogen-bond donors (Lipinski definition) is 1. The number of carboxylic acids is 1. The Balaban J connectivity index is 2.08. The zero-order chi connectivity index (χ0) is 16.3. The molecule has 1 aliphatic rings. The summed E-state index contributed by atoms with van der Waals surface area (Å²) in [7, 11) is -4.61. The van der Waals surface area contributed by atoms with E-state index in [1.54, 1.807) is 24.3 Å². The Kier molecular flexibility index (Phi) is 4.80. The van der Waals surface area contributed by atoms with Crippen molar-refractivity contribution >= 4 is 22.1 Å². The van der Waals surface area contributed by atoms with Gasteiger partial charge in [-0.15, -0.1) is 3.89 Å². The number of hydrogen-bond acceptors (Lipinski definition) is 4. The van der Waals surface area contributed by atoms with Crippen LogP contribution < -0.4 is 0 Å². The van der Waals surface area contributed by atoms with Crippen LogP contribution in [0, 0.1) is 5.92 Å². The predicted molar refractivity (Wildman–Crippen MR) is 76.2 cm³/mol. The van der Waals surface area contributed by atoms with Crippen LogP contribution in [-0.2, 0) is 32.8 Å². The second-order valence-corrected chi connectivity index (χ2v) is 6.80. The third kappa shape index (κ3) is 4.52. The van der Waals surface area contributed by atoms with Crippen LogP contribution in [-0.4, -0.2) is 42.6 Å². The monoisotopic (exact) mass is 329 g/mol. The zero-order valence-electron chi connectivity index (χ0n) is 11.7. The number of likely N-dealkylation sites (tertiary alicyclic amines) is 1. The van der Waals surface area contributed by atoms with Gasteiger partial charge < -0.3 is 10.0 Å². The standard InChI is InChI=1S/C14H16FNO5S/c15-22(20,21)9-10-5-13(17)16(7-10)8-12-4-2-1-3-11(12)6-14(18)19/h1-4,10H,5-9H2,(H,18,19). The Morgan fingerprint density at radius 3 is 2.55 bits per heavy atom. The number of aliphatic carboxylic acids is 1. The highest BCUT2D eigenvalue weighted by molar-refractivity contribution is 7.86. The average Bonchev–Trinajstić information content (AvgIpc) is 2.69. The fourth-order valence-electron chi connectivity index (χ4n) is 2.65. The van der Waals surface area contributed by atoms with Gasteiger partial charge in [0.2, 0.25) is 5.91 Å². The van der Waals surface area contributed by atoms with Gasteiger partial charge in [-0.05, 0) is 11.1 Å². The van der Waals surface area contributed by atoms with Gasteiger partial charge in [-0.25, -0.2) is 0 Å². The fourth-order valence-corrected chi connectivity index (χ4v) is 3.44. The van der Waals surface area contributed by atoms with E-state index in [0.29, 0.717) is 11.1 Å². The van der Waals surface area contributed by atoms with Crippen molar-refractivity contribution in [2.75, 3.05) is 12.3 Å². The van der Waals surface area contributed by atoms with Gasteiger partial charge in [0, 0.05) is 25.4 Å². The first-order valence-electron chi connectivity index (χ1n) is 6.73.